The van der Waals surface area contributed by atoms with Gasteiger partial charge in [0.05, 0.1) is 5.69 Å². The van der Waals surface area contributed by atoms with Crippen molar-refractivity contribution in [3.8, 4) is 11.3 Å². The van der Waals surface area contributed by atoms with Crippen molar-refractivity contribution in [2.45, 2.75) is 13.5 Å². The molecule has 0 atom stereocenters. The molecule has 0 saturated carbocycles. The van der Waals surface area contributed by atoms with Crippen LogP contribution in [0.5, 0.6) is 0 Å². The van der Waals surface area contributed by atoms with Gasteiger partial charge in [0, 0.05) is 30.6 Å². The van der Waals surface area contributed by atoms with Crippen LogP contribution < -0.4 is 0 Å². The predicted molar refractivity (Wildman–Crippen MR) is 65.7 cm³/mol. The summed E-state index contributed by atoms with van der Waals surface area (Å²) in [5.41, 5.74) is 2.69. The first-order valence-corrected chi connectivity index (χ1v) is 5.52. The first-order valence-electron chi connectivity index (χ1n) is 5.14. The molecule has 2 heterocycles. The lowest BCUT2D eigenvalue weighted by Gasteiger charge is -2.05. The van der Waals surface area contributed by atoms with Crippen LogP contribution in [0.1, 0.15) is 11.5 Å². The Balaban J connectivity index is 2.44. The predicted octanol–water partition coefficient (Wildman–Crippen LogP) is 2.65. The van der Waals surface area contributed by atoms with E-state index >= 15 is 0 Å². The Morgan fingerprint density at radius 3 is 2.82 bits per heavy atom. The van der Waals surface area contributed by atoms with Crippen molar-refractivity contribution in [2.75, 3.05) is 7.11 Å². The largest absolute Gasteiger partial charge is 0.377 e. The lowest BCUT2D eigenvalue weighted by molar-refractivity contribution is 0.178. The number of halogens is 1. The minimum Gasteiger partial charge on any atom is -0.377 e. The third-order valence-corrected chi connectivity index (χ3v) is 2.40. The summed E-state index contributed by atoms with van der Waals surface area (Å²) in [5.74, 6) is 0.574. The SMILES string of the molecule is COCc1nc(Cl)cc(-c2ccnc(C)c2)n1. The third kappa shape index (κ3) is 2.99. The molecule has 5 heteroatoms. The highest BCUT2D eigenvalue weighted by Gasteiger charge is 2.05. The van der Waals surface area contributed by atoms with E-state index < -0.39 is 0 Å². The Morgan fingerprint density at radius 1 is 1.29 bits per heavy atom. The fraction of sp³-hybridized carbons (Fsp3) is 0.250. The number of ether oxygens (including phenoxy) is 1. The summed E-state index contributed by atoms with van der Waals surface area (Å²) in [4.78, 5) is 12.6. The highest BCUT2D eigenvalue weighted by atomic mass is 35.5. The summed E-state index contributed by atoms with van der Waals surface area (Å²) in [6, 6.07) is 5.58. The van der Waals surface area contributed by atoms with Crippen molar-refractivity contribution in [3.63, 3.8) is 0 Å². The lowest BCUT2D eigenvalue weighted by atomic mass is 10.1. The Morgan fingerprint density at radius 2 is 2.12 bits per heavy atom. The molecule has 2 aromatic heterocycles. The molecule has 0 bridgehead atoms. The quantitative estimate of drug-likeness (QED) is 0.785. The van der Waals surface area contributed by atoms with E-state index in [1.54, 1.807) is 19.4 Å². The highest BCUT2D eigenvalue weighted by Crippen LogP contribution is 2.20. The first kappa shape index (κ1) is 12.0. The molecule has 0 N–H and O–H groups in total. The molecule has 2 rings (SSSR count). The van der Waals surface area contributed by atoms with Gasteiger partial charge in [-0.1, -0.05) is 11.6 Å². The number of methoxy groups -OCH3 is 1. The van der Waals surface area contributed by atoms with E-state index in [0.29, 0.717) is 17.6 Å². The molecule has 0 aliphatic carbocycles. The van der Waals surface area contributed by atoms with E-state index in [2.05, 4.69) is 15.0 Å². The van der Waals surface area contributed by atoms with Gasteiger partial charge in [0.1, 0.15) is 11.8 Å². The number of hydrogen-bond acceptors (Lipinski definition) is 4. The van der Waals surface area contributed by atoms with Gasteiger partial charge in [-0.15, -0.1) is 0 Å². The number of aromatic nitrogens is 3. The molecule has 2 aromatic rings. The van der Waals surface area contributed by atoms with Gasteiger partial charge in [0.25, 0.3) is 0 Å². The Kier molecular flexibility index (Phi) is 3.66. The van der Waals surface area contributed by atoms with Crippen LogP contribution in [0.4, 0.5) is 0 Å². The molecule has 0 fully saturated rings. The number of pyridine rings is 1. The van der Waals surface area contributed by atoms with Gasteiger partial charge < -0.3 is 4.74 Å². The van der Waals surface area contributed by atoms with Crippen LogP contribution in [0.25, 0.3) is 11.3 Å². The second kappa shape index (κ2) is 5.21. The minimum absolute atomic E-state index is 0.345. The van der Waals surface area contributed by atoms with Gasteiger partial charge in [-0.25, -0.2) is 9.97 Å². The van der Waals surface area contributed by atoms with Crippen LogP contribution in [0.3, 0.4) is 0 Å². The second-order valence-corrected chi connectivity index (χ2v) is 4.00. The molecular formula is C12H12ClN3O. The first-order chi connectivity index (χ1) is 8.19. The van der Waals surface area contributed by atoms with Crippen LogP contribution in [0.15, 0.2) is 24.4 Å². The van der Waals surface area contributed by atoms with Gasteiger partial charge in [0.2, 0.25) is 0 Å². The van der Waals surface area contributed by atoms with E-state index in [-0.39, 0.29) is 0 Å². The van der Waals surface area contributed by atoms with E-state index in [4.69, 9.17) is 16.3 Å². The standard InChI is InChI=1S/C12H12ClN3O/c1-8-5-9(3-4-14-8)10-6-11(13)16-12(15-10)7-17-2/h3-6H,7H2,1-2H3. The molecule has 0 aliphatic rings. The number of rotatable bonds is 3. The van der Waals surface area contributed by atoms with E-state index in [1.807, 2.05) is 19.1 Å². The lowest BCUT2D eigenvalue weighted by Crippen LogP contribution is -1.99. The zero-order valence-electron chi connectivity index (χ0n) is 9.64. The topological polar surface area (TPSA) is 47.9 Å². The zero-order valence-corrected chi connectivity index (χ0v) is 10.4. The third-order valence-electron chi connectivity index (χ3n) is 2.21. The maximum Gasteiger partial charge on any atom is 0.156 e. The summed E-state index contributed by atoms with van der Waals surface area (Å²) in [7, 11) is 1.60. The summed E-state index contributed by atoms with van der Waals surface area (Å²) in [6.07, 6.45) is 1.75. The molecule has 0 unspecified atom stereocenters. The van der Waals surface area contributed by atoms with Crippen molar-refractivity contribution in [1.82, 2.24) is 15.0 Å². The minimum atomic E-state index is 0.345. The molecule has 88 valence electrons. The number of nitrogens with zero attached hydrogens (tertiary/aromatic N) is 3. The molecule has 0 radical (unpaired) electrons. The molecule has 0 aromatic carbocycles. The molecule has 0 saturated heterocycles. The van der Waals surface area contributed by atoms with Crippen molar-refractivity contribution >= 4 is 11.6 Å². The average molecular weight is 250 g/mol. The maximum atomic E-state index is 5.95. The Labute approximate surface area is 105 Å². The molecule has 0 aliphatic heterocycles. The van der Waals surface area contributed by atoms with Gasteiger partial charge in [-0.05, 0) is 19.1 Å². The van der Waals surface area contributed by atoms with Crippen LogP contribution in [0.2, 0.25) is 5.15 Å². The molecule has 0 spiro atoms. The summed E-state index contributed by atoms with van der Waals surface area (Å²) < 4.78 is 5.00. The van der Waals surface area contributed by atoms with Crippen LogP contribution in [-0.4, -0.2) is 22.1 Å². The van der Waals surface area contributed by atoms with E-state index in [9.17, 15) is 0 Å². The monoisotopic (exact) mass is 249 g/mol. The van der Waals surface area contributed by atoms with E-state index in [0.717, 1.165) is 17.0 Å². The van der Waals surface area contributed by atoms with Crippen LogP contribution in [0, 0.1) is 6.92 Å². The van der Waals surface area contributed by atoms with Gasteiger partial charge in [-0.3, -0.25) is 4.98 Å². The second-order valence-electron chi connectivity index (χ2n) is 3.61. The Hall–Kier alpha value is -1.52. The van der Waals surface area contributed by atoms with Crippen molar-refractivity contribution in [1.29, 1.82) is 0 Å². The highest BCUT2D eigenvalue weighted by molar-refractivity contribution is 6.29. The van der Waals surface area contributed by atoms with Gasteiger partial charge in [0.15, 0.2) is 5.82 Å². The smallest absolute Gasteiger partial charge is 0.156 e. The zero-order chi connectivity index (χ0) is 12.3. The normalized spacial score (nSPS) is 10.5. The summed E-state index contributed by atoms with van der Waals surface area (Å²) in [5, 5.41) is 0.413. The van der Waals surface area contributed by atoms with Crippen LogP contribution in [-0.2, 0) is 11.3 Å². The maximum absolute atomic E-state index is 5.95. The Bertz CT molecular complexity index is 531. The summed E-state index contributed by atoms with van der Waals surface area (Å²) in [6.45, 7) is 2.28. The fourth-order valence-electron chi connectivity index (χ4n) is 1.51. The van der Waals surface area contributed by atoms with Gasteiger partial charge in [-0.2, -0.15) is 0 Å². The molecular weight excluding hydrogens is 238 g/mol. The number of hydrogen-bond donors (Lipinski definition) is 0. The molecule has 4 nitrogen and oxygen atoms in total. The van der Waals surface area contributed by atoms with Crippen molar-refractivity contribution in [3.05, 3.63) is 41.1 Å². The van der Waals surface area contributed by atoms with Crippen molar-refractivity contribution < 1.29 is 4.74 Å². The number of aryl methyl sites for hydroxylation is 1. The van der Waals surface area contributed by atoms with Crippen molar-refractivity contribution in [2.24, 2.45) is 0 Å². The van der Waals surface area contributed by atoms with Gasteiger partial charge >= 0.3 is 0 Å². The molecule has 0 amide bonds. The molecule has 17 heavy (non-hydrogen) atoms. The average Bonchev–Trinajstić information content (AvgIpc) is 2.28. The summed E-state index contributed by atoms with van der Waals surface area (Å²) >= 11 is 5.95. The van der Waals surface area contributed by atoms with E-state index in [1.165, 1.54) is 0 Å². The fourth-order valence-corrected chi connectivity index (χ4v) is 1.71. The van der Waals surface area contributed by atoms with Crippen LogP contribution >= 0.6 is 11.6 Å².